The van der Waals surface area contributed by atoms with Gasteiger partial charge in [0.05, 0.1) is 0 Å². The van der Waals surface area contributed by atoms with Crippen LogP contribution in [0.5, 0.6) is 0 Å². The summed E-state index contributed by atoms with van der Waals surface area (Å²) in [5, 5.41) is 3.32. The Labute approximate surface area is 126 Å². The number of anilines is 3. The molecule has 0 saturated heterocycles. The highest BCUT2D eigenvalue weighted by Gasteiger charge is 2.18. The maximum atomic E-state index is 5.90. The van der Waals surface area contributed by atoms with E-state index in [-0.39, 0.29) is 5.41 Å². The topological polar surface area (TPSA) is 63.8 Å². The largest absolute Gasteiger partial charge is 0.384 e. The van der Waals surface area contributed by atoms with Gasteiger partial charge in [-0.3, -0.25) is 0 Å². The average molecular weight is 284 g/mol. The molecule has 4 nitrogen and oxygen atoms in total. The van der Waals surface area contributed by atoms with E-state index >= 15 is 0 Å². The van der Waals surface area contributed by atoms with Crippen LogP contribution >= 0.6 is 0 Å². The third-order valence-electron chi connectivity index (χ3n) is 3.24. The molecule has 0 aliphatic rings. The van der Waals surface area contributed by atoms with Gasteiger partial charge in [-0.15, -0.1) is 0 Å². The molecular formula is C17H24N4. The van der Waals surface area contributed by atoms with Crippen molar-refractivity contribution >= 4 is 17.3 Å². The summed E-state index contributed by atoms with van der Waals surface area (Å²) < 4.78 is 0. The van der Waals surface area contributed by atoms with Gasteiger partial charge in [0, 0.05) is 17.2 Å². The van der Waals surface area contributed by atoms with Crippen LogP contribution in [-0.4, -0.2) is 9.97 Å². The van der Waals surface area contributed by atoms with Gasteiger partial charge in [-0.05, 0) is 23.6 Å². The second-order valence-corrected chi connectivity index (χ2v) is 6.66. The Morgan fingerprint density at radius 1 is 1.10 bits per heavy atom. The maximum absolute atomic E-state index is 5.90. The van der Waals surface area contributed by atoms with Crippen LogP contribution in [0.3, 0.4) is 0 Å². The summed E-state index contributed by atoms with van der Waals surface area (Å²) in [7, 11) is 0. The van der Waals surface area contributed by atoms with Crippen molar-refractivity contribution in [2.75, 3.05) is 11.1 Å². The molecule has 0 aliphatic heterocycles. The molecule has 1 aromatic carbocycles. The first-order chi connectivity index (χ1) is 9.75. The van der Waals surface area contributed by atoms with Gasteiger partial charge >= 0.3 is 0 Å². The Bertz CT molecular complexity index is 627. The number of hydrogen-bond donors (Lipinski definition) is 2. The molecule has 4 heteroatoms. The smallest absolute Gasteiger partial charge is 0.138 e. The molecule has 0 saturated carbocycles. The Balaban J connectivity index is 2.31. The average Bonchev–Trinajstić information content (AvgIpc) is 2.37. The Morgan fingerprint density at radius 2 is 1.81 bits per heavy atom. The van der Waals surface area contributed by atoms with E-state index in [1.54, 1.807) is 6.07 Å². The van der Waals surface area contributed by atoms with Crippen molar-refractivity contribution in [3.8, 4) is 0 Å². The van der Waals surface area contributed by atoms with E-state index in [4.69, 9.17) is 5.73 Å². The van der Waals surface area contributed by atoms with Crippen LogP contribution in [0.1, 0.15) is 51.9 Å². The normalized spacial score (nSPS) is 11.7. The van der Waals surface area contributed by atoms with E-state index in [2.05, 4.69) is 62.0 Å². The first-order valence-electron chi connectivity index (χ1n) is 7.28. The minimum absolute atomic E-state index is 0.133. The fourth-order valence-corrected chi connectivity index (χ4v) is 1.99. The van der Waals surface area contributed by atoms with Gasteiger partial charge in [0.25, 0.3) is 0 Å². The fourth-order valence-electron chi connectivity index (χ4n) is 1.99. The molecule has 0 spiro atoms. The third-order valence-corrected chi connectivity index (χ3v) is 3.24. The standard InChI is InChI=1S/C17H24N4/c1-11(2)12-7-6-8-13(9-12)19-15-10-14(18)20-16(21-15)17(3,4)5/h6-11H,1-5H3,(H3,18,19,20,21). The van der Waals surface area contributed by atoms with Crippen molar-refractivity contribution in [3.05, 3.63) is 41.7 Å². The molecule has 1 heterocycles. The molecule has 112 valence electrons. The van der Waals surface area contributed by atoms with E-state index in [0.717, 1.165) is 17.3 Å². The highest BCUT2D eigenvalue weighted by Crippen LogP contribution is 2.24. The van der Waals surface area contributed by atoms with Crippen LogP contribution in [0.15, 0.2) is 30.3 Å². The highest BCUT2D eigenvalue weighted by molar-refractivity contribution is 5.59. The van der Waals surface area contributed by atoms with Crippen LogP contribution in [0, 0.1) is 0 Å². The molecule has 0 fully saturated rings. The first-order valence-corrected chi connectivity index (χ1v) is 7.28. The minimum atomic E-state index is -0.133. The molecule has 2 aromatic rings. The van der Waals surface area contributed by atoms with Crippen molar-refractivity contribution < 1.29 is 0 Å². The lowest BCUT2D eigenvalue weighted by Gasteiger charge is -2.18. The Hall–Kier alpha value is -2.10. The van der Waals surface area contributed by atoms with Crippen molar-refractivity contribution in [2.24, 2.45) is 0 Å². The van der Waals surface area contributed by atoms with Crippen molar-refractivity contribution in [1.29, 1.82) is 0 Å². The molecule has 2 rings (SSSR count). The summed E-state index contributed by atoms with van der Waals surface area (Å²) in [5.41, 5.74) is 8.07. The van der Waals surface area contributed by atoms with Gasteiger partial charge in [-0.25, -0.2) is 9.97 Å². The molecule has 1 aromatic heterocycles. The Kier molecular flexibility index (Phi) is 4.16. The zero-order chi connectivity index (χ0) is 15.6. The van der Waals surface area contributed by atoms with Gasteiger partial charge in [-0.1, -0.05) is 46.8 Å². The second kappa shape index (κ2) is 5.72. The summed E-state index contributed by atoms with van der Waals surface area (Å²) >= 11 is 0. The molecule has 0 bridgehead atoms. The number of nitrogens with one attached hydrogen (secondary N) is 1. The molecule has 0 radical (unpaired) electrons. The summed E-state index contributed by atoms with van der Waals surface area (Å²) in [6.45, 7) is 10.6. The van der Waals surface area contributed by atoms with Gasteiger partial charge in [0.2, 0.25) is 0 Å². The number of nitrogens with two attached hydrogens (primary N) is 1. The van der Waals surface area contributed by atoms with Gasteiger partial charge in [0.15, 0.2) is 0 Å². The van der Waals surface area contributed by atoms with E-state index < -0.39 is 0 Å². The monoisotopic (exact) mass is 284 g/mol. The van der Waals surface area contributed by atoms with Crippen LogP contribution in [0.2, 0.25) is 0 Å². The lowest BCUT2D eigenvalue weighted by Crippen LogP contribution is -2.17. The molecule has 3 N–H and O–H groups in total. The second-order valence-electron chi connectivity index (χ2n) is 6.66. The maximum Gasteiger partial charge on any atom is 0.138 e. The molecular weight excluding hydrogens is 260 g/mol. The van der Waals surface area contributed by atoms with Gasteiger partial charge in [0.1, 0.15) is 17.5 Å². The van der Waals surface area contributed by atoms with Crippen LogP contribution in [-0.2, 0) is 5.41 Å². The number of hydrogen-bond acceptors (Lipinski definition) is 4. The molecule has 0 unspecified atom stereocenters. The van der Waals surface area contributed by atoms with Crippen molar-refractivity contribution in [1.82, 2.24) is 9.97 Å². The van der Waals surface area contributed by atoms with E-state index in [1.165, 1.54) is 5.56 Å². The van der Waals surface area contributed by atoms with Crippen LogP contribution in [0.4, 0.5) is 17.3 Å². The Morgan fingerprint density at radius 3 is 2.43 bits per heavy atom. The molecule has 0 amide bonds. The summed E-state index contributed by atoms with van der Waals surface area (Å²) in [6.07, 6.45) is 0. The van der Waals surface area contributed by atoms with Gasteiger partial charge < -0.3 is 11.1 Å². The lowest BCUT2D eigenvalue weighted by molar-refractivity contribution is 0.547. The fraction of sp³-hybridized carbons (Fsp3) is 0.412. The van der Waals surface area contributed by atoms with Crippen molar-refractivity contribution in [3.63, 3.8) is 0 Å². The predicted octanol–water partition coefficient (Wildman–Crippen LogP) is 4.22. The third kappa shape index (κ3) is 3.94. The SMILES string of the molecule is CC(C)c1cccc(Nc2cc(N)nc(C(C)(C)C)n2)c1. The number of nitrogens with zero attached hydrogens (tertiary/aromatic N) is 2. The predicted molar refractivity (Wildman–Crippen MR) is 89.0 cm³/mol. The quantitative estimate of drug-likeness (QED) is 0.885. The first kappa shape index (κ1) is 15.3. The molecule has 0 aliphatic carbocycles. The van der Waals surface area contributed by atoms with Crippen LogP contribution < -0.4 is 11.1 Å². The molecule has 21 heavy (non-hydrogen) atoms. The highest BCUT2D eigenvalue weighted by atomic mass is 15.1. The number of nitrogen functional groups attached to an aromatic ring is 1. The summed E-state index contributed by atoms with van der Waals surface area (Å²) in [6, 6.07) is 10.1. The number of rotatable bonds is 3. The van der Waals surface area contributed by atoms with E-state index in [1.807, 2.05) is 12.1 Å². The molecule has 0 atom stereocenters. The zero-order valence-corrected chi connectivity index (χ0v) is 13.4. The minimum Gasteiger partial charge on any atom is -0.384 e. The van der Waals surface area contributed by atoms with Crippen LogP contribution in [0.25, 0.3) is 0 Å². The summed E-state index contributed by atoms with van der Waals surface area (Å²) in [4.78, 5) is 8.89. The van der Waals surface area contributed by atoms with Gasteiger partial charge in [-0.2, -0.15) is 0 Å². The number of benzene rings is 1. The summed E-state index contributed by atoms with van der Waals surface area (Å²) in [5.74, 6) is 2.45. The van der Waals surface area contributed by atoms with Crippen molar-refractivity contribution in [2.45, 2.75) is 46.0 Å². The number of aromatic nitrogens is 2. The van der Waals surface area contributed by atoms with E-state index in [0.29, 0.717) is 11.7 Å². The lowest BCUT2D eigenvalue weighted by atomic mass is 9.96. The van der Waals surface area contributed by atoms with E-state index in [9.17, 15) is 0 Å². The zero-order valence-electron chi connectivity index (χ0n) is 13.4.